The number of hydrogen-bond acceptors (Lipinski definition) is 3. The van der Waals surface area contributed by atoms with E-state index in [1.54, 1.807) is 0 Å². The molecule has 0 bridgehead atoms. The van der Waals surface area contributed by atoms with E-state index in [9.17, 15) is 0 Å². The van der Waals surface area contributed by atoms with Crippen molar-refractivity contribution in [2.24, 2.45) is 5.73 Å². The van der Waals surface area contributed by atoms with Crippen molar-refractivity contribution in [3.05, 3.63) is 29.8 Å². The van der Waals surface area contributed by atoms with Crippen LogP contribution >= 0.6 is 30.1 Å². The van der Waals surface area contributed by atoms with Crippen LogP contribution in [0.5, 0.6) is 0 Å². The molecular formula is C14H23INOSSn. The van der Waals surface area contributed by atoms with E-state index < -0.39 is 20.2 Å². The molecule has 107 valence electrons. The molecule has 0 aliphatic carbocycles. The first-order valence-corrected chi connectivity index (χ1v) is 14.8. The van der Waals surface area contributed by atoms with Crippen LogP contribution in [0.15, 0.2) is 24.3 Å². The van der Waals surface area contributed by atoms with Gasteiger partial charge in [0.25, 0.3) is 0 Å². The molecule has 1 radical (unpaired) electrons. The Morgan fingerprint density at radius 1 is 1.37 bits per heavy atom. The monoisotopic (exact) mass is 500 g/mol. The molecule has 1 rings (SSSR count). The third-order valence-electron chi connectivity index (χ3n) is 2.97. The summed E-state index contributed by atoms with van der Waals surface area (Å²) < 4.78 is 9.07. The normalized spacial score (nSPS) is 14.6. The number of halogens is 1. The van der Waals surface area contributed by atoms with Crippen LogP contribution in [0.2, 0.25) is 4.44 Å². The second-order valence-electron chi connectivity index (χ2n) is 4.58. The van der Waals surface area contributed by atoms with Crippen molar-refractivity contribution >= 4 is 53.9 Å². The van der Waals surface area contributed by atoms with Gasteiger partial charge in [-0.15, -0.1) is 0 Å². The van der Waals surface area contributed by atoms with E-state index in [2.05, 4.69) is 66.2 Å². The molecule has 0 spiro atoms. The average Bonchev–Trinajstić information content (AvgIpc) is 2.43. The molecule has 0 fully saturated rings. The number of hydrogen-bond donors (Lipinski definition) is 1. The third kappa shape index (κ3) is 5.73. The molecule has 5 heteroatoms. The van der Waals surface area contributed by atoms with E-state index in [1.807, 2.05) is 8.93 Å². The molecule has 1 aromatic rings. The van der Waals surface area contributed by atoms with Gasteiger partial charge in [-0.3, -0.25) is 0 Å². The molecule has 2 N–H and O–H groups in total. The van der Waals surface area contributed by atoms with Crippen molar-refractivity contribution < 1.29 is 3.07 Å². The molecule has 19 heavy (non-hydrogen) atoms. The number of rotatable bonds is 8. The van der Waals surface area contributed by atoms with E-state index in [-0.39, 0.29) is 6.04 Å². The molecule has 0 saturated carbocycles. The predicted molar refractivity (Wildman–Crippen MR) is 96.3 cm³/mol. The van der Waals surface area contributed by atoms with Gasteiger partial charge in [0.05, 0.1) is 0 Å². The van der Waals surface area contributed by atoms with E-state index >= 15 is 0 Å². The quantitative estimate of drug-likeness (QED) is 0.332. The van der Waals surface area contributed by atoms with Gasteiger partial charge >= 0.3 is 142 Å². The summed E-state index contributed by atoms with van der Waals surface area (Å²) in [6, 6.07) is 8.68. The van der Waals surface area contributed by atoms with E-state index in [1.165, 1.54) is 20.0 Å². The van der Waals surface area contributed by atoms with Gasteiger partial charge in [-0.1, -0.05) is 0 Å². The standard InChI is InChI=1S/C8H10N.C4H8IOS.C2H5.Sn/c1-7(9)8-5-3-2-4-6-8;1-2-3-4(6)7-5;1-2;/h2-5,7H,9H2,1H3;4H,2-3H2,1H3;1H2,2H3;/q;-1;;+1. The first kappa shape index (κ1) is 18.1. The van der Waals surface area contributed by atoms with Crippen molar-refractivity contribution in [3.8, 4) is 0 Å². The predicted octanol–water partition coefficient (Wildman–Crippen LogP) is 4.15. The SMILES string of the molecule is CCCC([O][Sn]([CH2]C)[c]1ccccc1C(C)N)SI. The number of benzene rings is 1. The minimum atomic E-state index is -2.01. The van der Waals surface area contributed by atoms with Crippen LogP contribution < -0.4 is 9.31 Å². The Balaban J connectivity index is 2.90. The van der Waals surface area contributed by atoms with Crippen LogP contribution in [0, 0.1) is 0 Å². The Morgan fingerprint density at radius 2 is 2.05 bits per heavy atom. The van der Waals surface area contributed by atoms with E-state index in [0.717, 1.165) is 6.42 Å². The van der Waals surface area contributed by atoms with Crippen LogP contribution in [0.4, 0.5) is 0 Å². The number of nitrogens with two attached hydrogens (primary N) is 1. The molecule has 2 atom stereocenters. The fourth-order valence-electron chi connectivity index (χ4n) is 2.00. The Labute approximate surface area is 141 Å². The van der Waals surface area contributed by atoms with Crippen LogP contribution in [0.25, 0.3) is 0 Å². The molecule has 0 aliphatic heterocycles. The molecule has 0 heterocycles. The Hall–Kier alpha value is 1.02. The molecule has 2 nitrogen and oxygen atoms in total. The van der Waals surface area contributed by atoms with Gasteiger partial charge in [-0.05, 0) is 0 Å². The second-order valence-corrected chi connectivity index (χ2v) is 13.5. The summed E-state index contributed by atoms with van der Waals surface area (Å²) in [5, 5.41) is 0. The summed E-state index contributed by atoms with van der Waals surface area (Å²) >= 11 is 0.351. The third-order valence-corrected chi connectivity index (χ3v) is 12.2. The fraction of sp³-hybridized carbons (Fsp3) is 0.571. The van der Waals surface area contributed by atoms with E-state index in [0.29, 0.717) is 5.44 Å². The molecule has 0 amide bonds. The zero-order valence-corrected chi connectivity index (χ0v) is 17.7. The average molecular weight is 499 g/mol. The Bertz CT molecular complexity index is 378. The summed E-state index contributed by atoms with van der Waals surface area (Å²) in [4.78, 5) is 0. The van der Waals surface area contributed by atoms with Crippen molar-refractivity contribution in [3.63, 3.8) is 0 Å². The molecule has 1 aromatic carbocycles. The van der Waals surface area contributed by atoms with Gasteiger partial charge in [0.1, 0.15) is 0 Å². The van der Waals surface area contributed by atoms with Crippen LogP contribution in [0.3, 0.4) is 0 Å². The van der Waals surface area contributed by atoms with Gasteiger partial charge in [-0.25, -0.2) is 0 Å². The molecule has 2 unspecified atom stereocenters. The minimum absolute atomic E-state index is 0.0961. The van der Waals surface area contributed by atoms with Crippen molar-refractivity contribution in [2.75, 3.05) is 0 Å². The summed E-state index contributed by atoms with van der Waals surface area (Å²) in [6.45, 7) is 6.54. The summed E-state index contributed by atoms with van der Waals surface area (Å²) in [5.74, 6) is 0. The van der Waals surface area contributed by atoms with E-state index in [4.69, 9.17) is 8.81 Å². The van der Waals surface area contributed by atoms with Gasteiger partial charge in [0, 0.05) is 0 Å². The molecule has 0 saturated heterocycles. The van der Waals surface area contributed by atoms with Gasteiger partial charge in [0.15, 0.2) is 0 Å². The van der Waals surface area contributed by atoms with Crippen LogP contribution in [-0.2, 0) is 3.07 Å². The van der Waals surface area contributed by atoms with Crippen LogP contribution in [0.1, 0.15) is 45.2 Å². The summed E-state index contributed by atoms with van der Waals surface area (Å²) in [5.41, 5.74) is 7.73. The second kappa shape index (κ2) is 9.87. The topological polar surface area (TPSA) is 35.2 Å². The first-order chi connectivity index (χ1) is 9.13. The molecule has 0 aliphatic rings. The summed E-state index contributed by atoms with van der Waals surface area (Å²) in [6.07, 6.45) is 2.31. The zero-order valence-electron chi connectivity index (χ0n) is 11.9. The maximum absolute atomic E-state index is 6.46. The molecular weight excluding hydrogens is 476 g/mol. The van der Waals surface area contributed by atoms with Crippen LogP contribution in [-0.4, -0.2) is 25.6 Å². The Kier molecular flexibility index (Phi) is 9.38. The Morgan fingerprint density at radius 3 is 2.58 bits per heavy atom. The van der Waals surface area contributed by atoms with Crippen molar-refractivity contribution in [2.45, 2.75) is 49.5 Å². The van der Waals surface area contributed by atoms with Gasteiger partial charge < -0.3 is 0 Å². The maximum atomic E-state index is 6.46. The molecule has 0 aromatic heterocycles. The fourth-order valence-corrected chi connectivity index (χ4v) is 12.1. The zero-order chi connectivity index (χ0) is 14.3. The van der Waals surface area contributed by atoms with Crippen molar-refractivity contribution in [1.29, 1.82) is 0 Å². The van der Waals surface area contributed by atoms with Gasteiger partial charge in [-0.2, -0.15) is 0 Å². The van der Waals surface area contributed by atoms with Crippen molar-refractivity contribution in [1.82, 2.24) is 0 Å². The van der Waals surface area contributed by atoms with Gasteiger partial charge in [0.2, 0.25) is 0 Å². The summed E-state index contributed by atoms with van der Waals surface area (Å²) in [7, 11) is 1.81. The first-order valence-electron chi connectivity index (χ1n) is 6.78.